The quantitative estimate of drug-likeness (QED) is 0.202. The molecule has 0 atom stereocenters. The van der Waals surface area contributed by atoms with Crippen molar-refractivity contribution in [3.63, 3.8) is 0 Å². The van der Waals surface area contributed by atoms with Crippen LogP contribution in [0.3, 0.4) is 0 Å². The van der Waals surface area contributed by atoms with Crippen LogP contribution >= 0.6 is 0 Å². The minimum atomic E-state index is -0.110. The van der Waals surface area contributed by atoms with Gasteiger partial charge in [-0.3, -0.25) is 4.57 Å². The third kappa shape index (κ3) is 3.64. The maximum Gasteiger partial charge on any atom is 0.235 e. The molecule has 0 bridgehead atoms. The minimum Gasteiger partial charge on any atom is -0.309 e. The Hall–Kier alpha value is -6.00. The Morgan fingerprint density at radius 3 is 1.72 bits per heavy atom. The van der Waals surface area contributed by atoms with Gasteiger partial charge in [-0.2, -0.15) is 0 Å². The van der Waals surface area contributed by atoms with E-state index < -0.39 is 0 Å². The van der Waals surface area contributed by atoms with Gasteiger partial charge < -0.3 is 4.57 Å². The lowest BCUT2D eigenvalue weighted by molar-refractivity contribution is 0.630. The van der Waals surface area contributed by atoms with Gasteiger partial charge in [0.05, 0.1) is 39.1 Å². The summed E-state index contributed by atoms with van der Waals surface area (Å²) in [6, 6.07) is 52.0. The summed E-state index contributed by atoms with van der Waals surface area (Å²) in [5.41, 5.74) is 12.5. The summed E-state index contributed by atoms with van der Waals surface area (Å²) in [6.07, 6.45) is 0. The van der Waals surface area contributed by atoms with Crippen LogP contribution in [0.15, 0.2) is 146 Å². The molecule has 0 aliphatic carbocycles. The number of fused-ring (bicyclic) bond motifs is 8. The average molecular weight is 603 g/mol. The van der Waals surface area contributed by atoms with Crippen LogP contribution in [0.1, 0.15) is 25.0 Å². The molecule has 0 fully saturated rings. The van der Waals surface area contributed by atoms with Crippen molar-refractivity contribution in [2.24, 2.45) is 0 Å². The van der Waals surface area contributed by atoms with Gasteiger partial charge in [-0.25, -0.2) is 9.97 Å². The summed E-state index contributed by atoms with van der Waals surface area (Å²) in [5.74, 6) is 0.663. The van der Waals surface area contributed by atoms with E-state index >= 15 is 0 Å². The third-order valence-corrected chi connectivity index (χ3v) is 10.1. The molecule has 0 saturated carbocycles. The van der Waals surface area contributed by atoms with Crippen molar-refractivity contribution in [1.82, 2.24) is 19.1 Å². The van der Waals surface area contributed by atoms with Crippen LogP contribution in [0.5, 0.6) is 0 Å². The van der Waals surface area contributed by atoms with Gasteiger partial charge in [0, 0.05) is 38.1 Å². The van der Waals surface area contributed by atoms with Gasteiger partial charge in [-0.05, 0) is 41.5 Å². The van der Waals surface area contributed by atoms with E-state index in [2.05, 4.69) is 156 Å². The second-order valence-corrected chi connectivity index (χ2v) is 13.1. The number of aromatic nitrogens is 4. The molecule has 4 heterocycles. The number of nitrogens with zero attached hydrogens (tertiary/aromatic N) is 4. The Bertz CT molecular complexity index is 2640. The van der Waals surface area contributed by atoms with Gasteiger partial charge in [0.2, 0.25) is 5.95 Å². The van der Waals surface area contributed by atoms with E-state index in [1.165, 1.54) is 49.4 Å². The molecule has 0 spiro atoms. The van der Waals surface area contributed by atoms with E-state index in [-0.39, 0.29) is 5.41 Å². The fourth-order valence-corrected chi connectivity index (χ4v) is 7.89. The van der Waals surface area contributed by atoms with E-state index in [0.29, 0.717) is 5.95 Å². The second kappa shape index (κ2) is 9.51. The van der Waals surface area contributed by atoms with Crippen molar-refractivity contribution in [3.8, 4) is 34.2 Å². The highest BCUT2D eigenvalue weighted by molar-refractivity contribution is 6.19. The first-order valence-electron chi connectivity index (χ1n) is 16.2. The third-order valence-electron chi connectivity index (χ3n) is 10.1. The van der Waals surface area contributed by atoms with Crippen molar-refractivity contribution in [2.75, 3.05) is 0 Å². The number of hydrogen-bond acceptors (Lipinski definition) is 2. The van der Waals surface area contributed by atoms with Crippen LogP contribution in [-0.4, -0.2) is 19.1 Å². The maximum atomic E-state index is 5.26. The number of hydrogen-bond donors (Lipinski definition) is 0. The maximum absolute atomic E-state index is 5.26. The van der Waals surface area contributed by atoms with Gasteiger partial charge >= 0.3 is 0 Å². The first-order valence-corrected chi connectivity index (χ1v) is 16.2. The molecule has 10 rings (SSSR count). The molecule has 1 aliphatic rings. The van der Waals surface area contributed by atoms with Crippen LogP contribution in [0.25, 0.3) is 77.8 Å². The Labute approximate surface area is 272 Å². The Balaban J connectivity index is 1.34. The minimum absolute atomic E-state index is 0.110. The smallest absolute Gasteiger partial charge is 0.235 e. The standard InChI is InChI=1S/C43H30N4/c1-43(2)33-20-10-12-23-38(33)46-39-24-31-29-18-9-11-22-37(29)47(40(31)25-32(39)30-19-13-21-34(43)41(30)46)42-44-35(27-14-5-3-6-15-27)26-36(45-42)28-16-7-4-8-17-28/h3-26H,1-2H3. The van der Waals surface area contributed by atoms with Crippen molar-refractivity contribution in [1.29, 1.82) is 0 Å². The molecule has 0 radical (unpaired) electrons. The molecule has 3 aromatic heterocycles. The lowest BCUT2D eigenvalue weighted by atomic mass is 9.75. The highest BCUT2D eigenvalue weighted by Crippen LogP contribution is 2.48. The van der Waals surface area contributed by atoms with Gasteiger partial charge in [0.25, 0.3) is 0 Å². The summed E-state index contributed by atoms with van der Waals surface area (Å²) in [6.45, 7) is 4.70. The van der Waals surface area contributed by atoms with Crippen LogP contribution in [-0.2, 0) is 5.41 Å². The molecule has 0 saturated heterocycles. The molecule has 0 amide bonds. The van der Waals surface area contributed by atoms with Crippen LogP contribution < -0.4 is 0 Å². The molecule has 47 heavy (non-hydrogen) atoms. The molecule has 1 aliphatic heterocycles. The van der Waals surface area contributed by atoms with E-state index in [1.807, 2.05) is 12.1 Å². The van der Waals surface area contributed by atoms with E-state index in [1.54, 1.807) is 0 Å². The van der Waals surface area contributed by atoms with Crippen LogP contribution in [0.4, 0.5) is 0 Å². The predicted molar refractivity (Wildman–Crippen MR) is 194 cm³/mol. The lowest BCUT2D eigenvalue weighted by Gasteiger charge is -2.34. The first kappa shape index (κ1) is 26.2. The normalized spacial score (nSPS) is 13.5. The van der Waals surface area contributed by atoms with Crippen molar-refractivity contribution in [2.45, 2.75) is 19.3 Å². The van der Waals surface area contributed by atoms with Crippen LogP contribution in [0.2, 0.25) is 0 Å². The Kier molecular flexibility index (Phi) is 5.31. The molecule has 0 unspecified atom stereocenters. The summed E-state index contributed by atoms with van der Waals surface area (Å²) in [4.78, 5) is 10.5. The zero-order chi connectivity index (χ0) is 31.3. The monoisotopic (exact) mass is 602 g/mol. The zero-order valence-electron chi connectivity index (χ0n) is 26.1. The van der Waals surface area contributed by atoms with Gasteiger partial charge in [-0.1, -0.05) is 129 Å². The summed E-state index contributed by atoms with van der Waals surface area (Å²) in [7, 11) is 0. The van der Waals surface area contributed by atoms with Crippen molar-refractivity contribution in [3.05, 3.63) is 157 Å². The molecule has 4 heteroatoms. The van der Waals surface area contributed by atoms with Gasteiger partial charge in [0.15, 0.2) is 0 Å². The Morgan fingerprint density at radius 1 is 0.447 bits per heavy atom. The highest BCUT2D eigenvalue weighted by atomic mass is 15.2. The Morgan fingerprint density at radius 2 is 1.00 bits per heavy atom. The number of para-hydroxylation sites is 3. The average Bonchev–Trinajstić information content (AvgIpc) is 3.63. The molecule has 222 valence electrons. The van der Waals surface area contributed by atoms with Crippen molar-refractivity contribution >= 4 is 43.6 Å². The molecule has 4 nitrogen and oxygen atoms in total. The molecule has 0 N–H and O–H groups in total. The summed E-state index contributed by atoms with van der Waals surface area (Å²) >= 11 is 0. The lowest BCUT2D eigenvalue weighted by Crippen LogP contribution is -2.26. The van der Waals surface area contributed by atoms with Crippen molar-refractivity contribution < 1.29 is 0 Å². The van der Waals surface area contributed by atoms with E-state index in [0.717, 1.165) is 33.5 Å². The zero-order valence-corrected chi connectivity index (χ0v) is 26.1. The molecular weight excluding hydrogens is 573 g/mol. The second-order valence-electron chi connectivity index (χ2n) is 13.1. The molecule has 6 aromatic carbocycles. The topological polar surface area (TPSA) is 35.6 Å². The predicted octanol–water partition coefficient (Wildman–Crippen LogP) is 10.6. The highest BCUT2D eigenvalue weighted by Gasteiger charge is 2.35. The summed E-state index contributed by atoms with van der Waals surface area (Å²) in [5, 5.41) is 4.86. The largest absolute Gasteiger partial charge is 0.309 e. The fraction of sp³-hybridized carbons (Fsp3) is 0.0698. The molecular formula is C43H30N4. The fourth-order valence-electron chi connectivity index (χ4n) is 7.89. The summed E-state index contributed by atoms with van der Waals surface area (Å²) < 4.78 is 4.75. The van der Waals surface area contributed by atoms with E-state index in [4.69, 9.17) is 9.97 Å². The molecule has 9 aromatic rings. The number of rotatable bonds is 3. The van der Waals surface area contributed by atoms with E-state index in [9.17, 15) is 0 Å². The SMILES string of the molecule is CC1(C)c2ccccc2-n2c3cc4c5ccccc5n(-c5nc(-c6ccccc6)cc(-c6ccccc6)n5)c4cc3c3cccc1c32. The first-order chi connectivity index (χ1) is 23.1. The van der Waals surface area contributed by atoms with Gasteiger partial charge in [-0.15, -0.1) is 0 Å². The van der Waals surface area contributed by atoms with Gasteiger partial charge in [0.1, 0.15) is 0 Å². The van der Waals surface area contributed by atoms with Crippen LogP contribution in [0, 0.1) is 0 Å². The number of benzene rings is 6.